The molecule has 96 valence electrons. The van der Waals surface area contributed by atoms with Gasteiger partial charge in [-0.1, -0.05) is 18.5 Å². The van der Waals surface area contributed by atoms with Gasteiger partial charge in [0.25, 0.3) is 0 Å². The standard InChI is InChI=1S/C15H17ClFN/c1-11-4-6-15(10-18,7-5-11)9-12-8-13(17)2-3-14(12)16/h2-3,8,11H,4-7,9H2,1H3. The van der Waals surface area contributed by atoms with E-state index in [1.54, 1.807) is 6.07 Å². The first kappa shape index (κ1) is 13.4. The van der Waals surface area contributed by atoms with Crippen molar-refractivity contribution in [2.45, 2.75) is 39.0 Å². The second-order valence-electron chi connectivity index (χ2n) is 5.49. The number of nitriles is 1. The third-order valence-electron chi connectivity index (χ3n) is 4.01. The van der Waals surface area contributed by atoms with Crippen LogP contribution in [-0.4, -0.2) is 0 Å². The molecular weight excluding hydrogens is 249 g/mol. The number of rotatable bonds is 2. The highest BCUT2D eigenvalue weighted by molar-refractivity contribution is 6.31. The van der Waals surface area contributed by atoms with E-state index in [1.807, 2.05) is 0 Å². The molecular formula is C15H17ClFN. The van der Waals surface area contributed by atoms with Crippen molar-refractivity contribution in [1.29, 1.82) is 5.26 Å². The number of benzene rings is 1. The van der Waals surface area contributed by atoms with E-state index in [-0.39, 0.29) is 11.2 Å². The molecule has 1 nitrogen and oxygen atoms in total. The smallest absolute Gasteiger partial charge is 0.123 e. The lowest BCUT2D eigenvalue weighted by molar-refractivity contribution is 0.219. The quantitative estimate of drug-likeness (QED) is 0.758. The molecule has 0 spiro atoms. The summed E-state index contributed by atoms with van der Waals surface area (Å²) in [6, 6.07) is 6.84. The van der Waals surface area contributed by atoms with Crippen molar-refractivity contribution in [1.82, 2.24) is 0 Å². The molecule has 0 radical (unpaired) electrons. The lowest BCUT2D eigenvalue weighted by Crippen LogP contribution is -2.27. The zero-order chi connectivity index (χ0) is 13.2. The van der Waals surface area contributed by atoms with Gasteiger partial charge in [-0.25, -0.2) is 4.39 Å². The maximum absolute atomic E-state index is 13.3. The average molecular weight is 266 g/mol. The van der Waals surface area contributed by atoms with Crippen LogP contribution >= 0.6 is 11.6 Å². The minimum Gasteiger partial charge on any atom is -0.207 e. The van der Waals surface area contributed by atoms with Gasteiger partial charge in [0.15, 0.2) is 0 Å². The van der Waals surface area contributed by atoms with Crippen LogP contribution in [0.3, 0.4) is 0 Å². The Labute approximate surface area is 113 Å². The van der Waals surface area contributed by atoms with Crippen LogP contribution in [0.5, 0.6) is 0 Å². The monoisotopic (exact) mass is 265 g/mol. The van der Waals surface area contributed by atoms with E-state index in [4.69, 9.17) is 11.6 Å². The van der Waals surface area contributed by atoms with Gasteiger partial charge in [-0.2, -0.15) is 5.26 Å². The molecule has 0 unspecified atom stereocenters. The maximum Gasteiger partial charge on any atom is 0.123 e. The summed E-state index contributed by atoms with van der Waals surface area (Å²) in [6.07, 6.45) is 4.48. The predicted molar refractivity (Wildman–Crippen MR) is 70.8 cm³/mol. The van der Waals surface area contributed by atoms with Crippen LogP contribution in [0.25, 0.3) is 0 Å². The highest BCUT2D eigenvalue weighted by Gasteiger charge is 2.35. The molecule has 0 aliphatic heterocycles. The van der Waals surface area contributed by atoms with Gasteiger partial charge in [-0.3, -0.25) is 0 Å². The summed E-state index contributed by atoms with van der Waals surface area (Å²) in [5.41, 5.74) is 0.400. The molecule has 0 aromatic heterocycles. The Hall–Kier alpha value is -1.07. The van der Waals surface area contributed by atoms with E-state index in [0.717, 1.165) is 31.2 Å². The Balaban J connectivity index is 2.21. The first-order valence-corrected chi connectivity index (χ1v) is 6.78. The summed E-state index contributed by atoms with van der Waals surface area (Å²) >= 11 is 6.09. The van der Waals surface area contributed by atoms with Crippen LogP contribution in [0.1, 0.15) is 38.2 Å². The van der Waals surface area contributed by atoms with Gasteiger partial charge in [-0.05, 0) is 61.8 Å². The zero-order valence-corrected chi connectivity index (χ0v) is 11.3. The molecule has 0 atom stereocenters. The van der Waals surface area contributed by atoms with Crippen LogP contribution in [0, 0.1) is 28.5 Å². The predicted octanol–water partition coefficient (Wildman–Crippen LogP) is 4.74. The molecule has 0 saturated heterocycles. The third-order valence-corrected chi connectivity index (χ3v) is 4.37. The third kappa shape index (κ3) is 2.84. The molecule has 0 bridgehead atoms. The van der Waals surface area contributed by atoms with E-state index in [1.165, 1.54) is 12.1 Å². The van der Waals surface area contributed by atoms with Crippen LogP contribution in [0.4, 0.5) is 4.39 Å². The fraction of sp³-hybridized carbons (Fsp3) is 0.533. The number of hydrogen-bond donors (Lipinski definition) is 0. The van der Waals surface area contributed by atoms with Gasteiger partial charge in [0, 0.05) is 5.02 Å². The number of hydrogen-bond acceptors (Lipinski definition) is 1. The lowest BCUT2D eigenvalue weighted by Gasteiger charge is -2.34. The molecule has 1 aromatic carbocycles. The van der Waals surface area contributed by atoms with Crippen molar-refractivity contribution in [3.8, 4) is 6.07 Å². The summed E-state index contributed by atoms with van der Waals surface area (Å²) in [5.74, 6) is 0.404. The van der Waals surface area contributed by atoms with Crippen molar-refractivity contribution in [2.24, 2.45) is 11.3 Å². The summed E-state index contributed by atoms with van der Waals surface area (Å²) < 4.78 is 13.3. The molecule has 0 heterocycles. The average Bonchev–Trinajstić information content (AvgIpc) is 2.37. The highest BCUT2D eigenvalue weighted by atomic mass is 35.5. The van der Waals surface area contributed by atoms with Crippen LogP contribution in [-0.2, 0) is 6.42 Å². The molecule has 3 heteroatoms. The lowest BCUT2D eigenvalue weighted by atomic mass is 9.69. The fourth-order valence-corrected chi connectivity index (χ4v) is 2.87. The Bertz CT molecular complexity index is 470. The number of nitrogens with zero attached hydrogens (tertiary/aromatic N) is 1. The maximum atomic E-state index is 13.3. The van der Waals surface area contributed by atoms with E-state index in [2.05, 4.69) is 13.0 Å². The van der Waals surface area contributed by atoms with Crippen molar-refractivity contribution >= 4 is 11.6 Å². The van der Waals surface area contributed by atoms with E-state index in [0.29, 0.717) is 17.4 Å². The molecule has 0 N–H and O–H groups in total. The van der Waals surface area contributed by atoms with Gasteiger partial charge in [-0.15, -0.1) is 0 Å². The Morgan fingerprint density at radius 2 is 2.11 bits per heavy atom. The molecule has 2 rings (SSSR count). The zero-order valence-electron chi connectivity index (χ0n) is 10.5. The Kier molecular flexibility index (Phi) is 3.92. The molecule has 18 heavy (non-hydrogen) atoms. The van der Waals surface area contributed by atoms with Crippen molar-refractivity contribution in [3.63, 3.8) is 0 Å². The molecule has 0 amide bonds. The molecule has 1 aliphatic carbocycles. The van der Waals surface area contributed by atoms with Crippen LogP contribution < -0.4 is 0 Å². The summed E-state index contributed by atoms with van der Waals surface area (Å²) in [4.78, 5) is 0. The summed E-state index contributed by atoms with van der Waals surface area (Å²) in [6.45, 7) is 2.22. The summed E-state index contributed by atoms with van der Waals surface area (Å²) in [7, 11) is 0. The minimum atomic E-state index is -0.357. The first-order valence-electron chi connectivity index (χ1n) is 6.40. The molecule has 1 saturated carbocycles. The van der Waals surface area contributed by atoms with Gasteiger partial charge >= 0.3 is 0 Å². The van der Waals surface area contributed by atoms with Crippen LogP contribution in [0.2, 0.25) is 5.02 Å². The minimum absolute atomic E-state index is 0.285. The van der Waals surface area contributed by atoms with Crippen LogP contribution in [0.15, 0.2) is 18.2 Å². The highest BCUT2D eigenvalue weighted by Crippen LogP contribution is 2.41. The molecule has 1 fully saturated rings. The van der Waals surface area contributed by atoms with Gasteiger partial charge < -0.3 is 0 Å². The van der Waals surface area contributed by atoms with E-state index < -0.39 is 0 Å². The first-order chi connectivity index (χ1) is 8.54. The number of halogens is 2. The summed E-state index contributed by atoms with van der Waals surface area (Å²) in [5, 5.41) is 10.0. The second-order valence-corrected chi connectivity index (χ2v) is 5.89. The fourth-order valence-electron chi connectivity index (χ4n) is 2.69. The second kappa shape index (κ2) is 5.28. The molecule has 1 aliphatic rings. The van der Waals surface area contributed by atoms with Gasteiger partial charge in [0.2, 0.25) is 0 Å². The topological polar surface area (TPSA) is 23.8 Å². The Morgan fingerprint density at radius 1 is 1.44 bits per heavy atom. The van der Waals surface area contributed by atoms with Crippen molar-refractivity contribution in [2.75, 3.05) is 0 Å². The van der Waals surface area contributed by atoms with Crippen molar-refractivity contribution < 1.29 is 4.39 Å². The normalized spacial score (nSPS) is 27.8. The van der Waals surface area contributed by atoms with Gasteiger partial charge in [0.05, 0.1) is 11.5 Å². The molecule has 1 aromatic rings. The SMILES string of the molecule is CC1CCC(C#N)(Cc2cc(F)ccc2Cl)CC1. The van der Waals surface area contributed by atoms with Crippen molar-refractivity contribution in [3.05, 3.63) is 34.6 Å². The van der Waals surface area contributed by atoms with E-state index >= 15 is 0 Å². The van der Waals surface area contributed by atoms with E-state index in [9.17, 15) is 9.65 Å². The van der Waals surface area contributed by atoms with Gasteiger partial charge in [0.1, 0.15) is 5.82 Å². The Morgan fingerprint density at radius 3 is 2.72 bits per heavy atom. The largest absolute Gasteiger partial charge is 0.207 e.